The van der Waals surface area contributed by atoms with Crippen molar-refractivity contribution in [3.8, 4) is 22.3 Å². The van der Waals surface area contributed by atoms with E-state index in [9.17, 15) is 0 Å². The van der Waals surface area contributed by atoms with Gasteiger partial charge in [-0.25, -0.2) is 9.97 Å². The van der Waals surface area contributed by atoms with Crippen LogP contribution in [0.25, 0.3) is 68.6 Å². The van der Waals surface area contributed by atoms with Crippen molar-refractivity contribution in [2.24, 2.45) is 0 Å². The van der Waals surface area contributed by atoms with Crippen molar-refractivity contribution in [1.29, 1.82) is 0 Å². The van der Waals surface area contributed by atoms with E-state index >= 15 is 0 Å². The first kappa shape index (κ1) is 23.0. The van der Waals surface area contributed by atoms with E-state index in [0.29, 0.717) is 0 Å². The summed E-state index contributed by atoms with van der Waals surface area (Å²) < 4.78 is 0. The van der Waals surface area contributed by atoms with Gasteiger partial charge in [0.1, 0.15) is 0 Å². The molecular weight excluding hydrogens is 499 g/mol. The molecule has 0 atom stereocenters. The fourth-order valence-corrected chi connectivity index (χ4v) is 4.89. The maximum atomic E-state index is 4.98. The van der Waals surface area contributed by atoms with Crippen molar-refractivity contribution in [2.45, 2.75) is 0 Å². The van der Waals surface area contributed by atoms with Crippen molar-refractivity contribution >= 4 is 46.4 Å². The maximum absolute atomic E-state index is 4.98. The second-order valence-electron chi connectivity index (χ2n) is 8.94. The van der Waals surface area contributed by atoms with Crippen LogP contribution in [-0.2, 0) is 16.5 Å². The van der Waals surface area contributed by atoms with Crippen LogP contribution in [-0.4, -0.2) is 19.9 Å². The van der Waals surface area contributed by atoms with Gasteiger partial charge in [-0.3, -0.25) is 0 Å². The molecule has 180 valence electrons. The predicted octanol–water partition coefficient (Wildman–Crippen LogP) is 7.99. The van der Waals surface area contributed by atoms with Crippen LogP contribution < -0.4 is 0 Å². The second-order valence-corrected chi connectivity index (χ2v) is 8.94. The Morgan fingerprint density at radius 1 is 0.459 bits per heavy atom. The van der Waals surface area contributed by atoms with Gasteiger partial charge in [-0.05, 0) is 71.8 Å². The van der Waals surface area contributed by atoms with Crippen LogP contribution in [0.2, 0.25) is 0 Å². The normalized spacial score (nSPS) is 11.9. The minimum atomic E-state index is 0. The van der Waals surface area contributed by atoms with Gasteiger partial charge >= 0.3 is 0 Å². The Morgan fingerprint density at radius 3 is 1.38 bits per heavy atom. The molecule has 2 aliphatic rings. The van der Waals surface area contributed by atoms with E-state index in [1.54, 1.807) is 0 Å². The zero-order valence-corrected chi connectivity index (χ0v) is 20.7. The minimum Gasteiger partial charge on any atom is -0.355 e. The first-order valence-electron chi connectivity index (χ1n) is 12.0. The molecule has 5 heteroatoms. The smallest absolute Gasteiger partial charge is 0.0736 e. The Bertz CT molecular complexity index is 1700. The number of hydrogen-bond donors (Lipinski definition) is 2. The molecule has 37 heavy (non-hydrogen) atoms. The van der Waals surface area contributed by atoms with Crippen molar-refractivity contribution < 1.29 is 16.5 Å². The molecule has 0 spiro atoms. The van der Waals surface area contributed by atoms with Gasteiger partial charge in [0.25, 0.3) is 0 Å². The van der Waals surface area contributed by atoms with Crippen LogP contribution in [0.4, 0.5) is 0 Å². The van der Waals surface area contributed by atoms with Gasteiger partial charge in [0.15, 0.2) is 0 Å². The number of aromatic amines is 2. The fourth-order valence-electron chi connectivity index (χ4n) is 4.89. The Morgan fingerprint density at radius 2 is 0.919 bits per heavy atom. The third-order valence-corrected chi connectivity index (χ3v) is 6.52. The van der Waals surface area contributed by atoms with E-state index in [0.717, 1.165) is 67.1 Å². The summed E-state index contributed by atoms with van der Waals surface area (Å²) in [5.41, 5.74) is 12.1. The average Bonchev–Trinajstić information content (AvgIpc) is 3.72. The van der Waals surface area contributed by atoms with Gasteiger partial charge in [0.05, 0.1) is 22.8 Å². The van der Waals surface area contributed by atoms with Crippen LogP contribution in [0.15, 0.2) is 97.1 Å². The van der Waals surface area contributed by atoms with Gasteiger partial charge in [0.2, 0.25) is 0 Å². The van der Waals surface area contributed by atoms with Gasteiger partial charge in [-0.1, -0.05) is 60.7 Å². The molecule has 0 saturated heterocycles. The first-order valence-corrected chi connectivity index (χ1v) is 12.0. The monoisotopic (exact) mass is 520 g/mol. The molecule has 0 aliphatic carbocycles. The van der Waals surface area contributed by atoms with Gasteiger partial charge in [0, 0.05) is 49.7 Å². The van der Waals surface area contributed by atoms with Crippen molar-refractivity contribution in [3.63, 3.8) is 0 Å². The molecule has 0 unspecified atom stereocenters. The summed E-state index contributed by atoms with van der Waals surface area (Å²) in [5, 5.41) is 0. The Balaban J connectivity index is 0.00000252. The summed E-state index contributed by atoms with van der Waals surface area (Å²) in [5.74, 6) is 0. The molecule has 0 saturated carbocycles. The number of H-pyrrole nitrogens is 2. The van der Waals surface area contributed by atoms with Crippen molar-refractivity contribution in [1.82, 2.24) is 19.9 Å². The molecule has 0 fully saturated rings. The maximum Gasteiger partial charge on any atom is 0.0736 e. The Kier molecular flexibility index (Phi) is 5.92. The molecule has 4 nitrogen and oxygen atoms in total. The molecular formula is C32H22N4Ni. The van der Waals surface area contributed by atoms with E-state index < -0.39 is 0 Å². The molecule has 0 radical (unpaired) electrons. The van der Waals surface area contributed by atoms with E-state index in [2.05, 4.69) is 113 Å². The van der Waals surface area contributed by atoms with Gasteiger partial charge in [-0.2, -0.15) is 0 Å². The Labute approximate surface area is 224 Å². The van der Waals surface area contributed by atoms with Crippen molar-refractivity contribution in [3.05, 3.63) is 120 Å². The van der Waals surface area contributed by atoms with Crippen LogP contribution in [0, 0.1) is 0 Å². The van der Waals surface area contributed by atoms with Crippen LogP contribution in [0.3, 0.4) is 0 Å². The number of hydrogen-bond acceptors (Lipinski definition) is 2. The standard InChI is InChI=1S/C32H22N4.Ni/c1-3-7-21(8-4-1)31-27-15-11-23(33-27)19-25-13-17-29(35-25)32(22-9-5-2-6-10-22)30-18-14-26(36-30)20-24-12-16-28(31)34-24;/h1-20,33,35H;. The van der Waals surface area contributed by atoms with Crippen LogP contribution in [0.5, 0.6) is 0 Å². The van der Waals surface area contributed by atoms with Crippen LogP contribution >= 0.6 is 0 Å². The molecule has 5 heterocycles. The third kappa shape index (κ3) is 4.35. The zero-order chi connectivity index (χ0) is 23.9. The molecule has 2 aromatic carbocycles. The number of nitrogens with one attached hydrogen (secondary N) is 2. The number of nitrogens with zero attached hydrogens (tertiary/aromatic N) is 2. The third-order valence-electron chi connectivity index (χ3n) is 6.52. The van der Waals surface area contributed by atoms with Crippen LogP contribution in [0.1, 0.15) is 22.8 Å². The average molecular weight is 521 g/mol. The summed E-state index contributed by atoms with van der Waals surface area (Å²) in [6.45, 7) is 0. The Hall–Kier alpha value is -4.47. The summed E-state index contributed by atoms with van der Waals surface area (Å²) in [4.78, 5) is 17.2. The molecule has 2 aliphatic heterocycles. The summed E-state index contributed by atoms with van der Waals surface area (Å²) in [7, 11) is 0. The zero-order valence-electron chi connectivity index (χ0n) is 19.8. The number of benzene rings is 2. The molecule has 0 amide bonds. The van der Waals surface area contributed by atoms with E-state index in [1.807, 2.05) is 18.2 Å². The molecule has 5 aromatic rings. The van der Waals surface area contributed by atoms with Gasteiger partial charge < -0.3 is 9.97 Å². The second kappa shape index (κ2) is 9.53. The van der Waals surface area contributed by atoms with Gasteiger partial charge in [-0.15, -0.1) is 0 Å². The predicted molar refractivity (Wildman–Crippen MR) is 150 cm³/mol. The summed E-state index contributed by atoms with van der Waals surface area (Å²) in [6.07, 6.45) is 8.27. The van der Waals surface area contributed by atoms with Crippen molar-refractivity contribution in [2.75, 3.05) is 0 Å². The summed E-state index contributed by atoms with van der Waals surface area (Å²) in [6, 6.07) is 33.4. The molecule has 8 bridgehead atoms. The molecule has 7 rings (SSSR count). The number of fused-ring (bicyclic) bond motifs is 8. The SMILES string of the molecule is C1=Cc2nc1cc1nc(c(-c3ccccc3)c3ccc(cc4ccc([nH]4)c2-c2ccccc2)[nH]3)C=C1.[Ni]. The van der Waals surface area contributed by atoms with E-state index in [-0.39, 0.29) is 16.5 Å². The quantitative estimate of drug-likeness (QED) is 0.227. The molecule has 2 N–H and O–H groups in total. The summed E-state index contributed by atoms with van der Waals surface area (Å²) >= 11 is 0. The van der Waals surface area contributed by atoms with E-state index in [4.69, 9.17) is 9.97 Å². The number of aromatic nitrogens is 4. The van der Waals surface area contributed by atoms with E-state index in [1.165, 1.54) is 0 Å². The largest absolute Gasteiger partial charge is 0.355 e. The number of rotatable bonds is 2. The topological polar surface area (TPSA) is 57.4 Å². The molecule has 3 aromatic heterocycles. The fraction of sp³-hybridized carbons (Fsp3) is 0. The first-order chi connectivity index (χ1) is 17.8. The minimum absolute atomic E-state index is 0.